The molecule has 70 valence electrons. The predicted molar refractivity (Wildman–Crippen MR) is 49.6 cm³/mol. The van der Waals surface area contributed by atoms with Crippen molar-refractivity contribution in [1.82, 2.24) is 4.98 Å². The standard InChI is InChI=1S/C9H12N2O2/c1-3-7(2)9-8(11(12)13)5-4-6-10-9/h4-7H,3H2,1-2H3. The molecule has 0 aliphatic carbocycles. The van der Waals surface area contributed by atoms with Crippen LogP contribution in [0.25, 0.3) is 0 Å². The van der Waals surface area contributed by atoms with E-state index in [4.69, 9.17) is 0 Å². The van der Waals surface area contributed by atoms with Gasteiger partial charge in [-0.05, 0) is 12.5 Å². The molecule has 1 aromatic heterocycles. The molecule has 1 heterocycles. The second-order valence-electron chi connectivity index (χ2n) is 2.97. The SMILES string of the molecule is CCC(C)c1ncccc1[N+](=O)[O-]. The van der Waals surface area contributed by atoms with Crippen LogP contribution in [0.1, 0.15) is 31.9 Å². The van der Waals surface area contributed by atoms with Crippen molar-refractivity contribution in [3.05, 3.63) is 34.1 Å². The molecule has 0 saturated carbocycles. The number of nitro groups is 1. The topological polar surface area (TPSA) is 56.0 Å². The number of hydrogen-bond acceptors (Lipinski definition) is 3. The van der Waals surface area contributed by atoms with Gasteiger partial charge in [0.2, 0.25) is 0 Å². The van der Waals surface area contributed by atoms with E-state index in [1.807, 2.05) is 13.8 Å². The second kappa shape index (κ2) is 3.98. The molecule has 1 atom stereocenters. The van der Waals surface area contributed by atoms with Gasteiger partial charge in [-0.25, -0.2) is 0 Å². The summed E-state index contributed by atoms with van der Waals surface area (Å²) in [6, 6.07) is 3.08. The van der Waals surface area contributed by atoms with E-state index < -0.39 is 0 Å². The zero-order valence-electron chi connectivity index (χ0n) is 7.73. The molecule has 1 unspecified atom stereocenters. The summed E-state index contributed by atoms with van der Waals surface area (Å²) in [5.41, 5.74) is 0.701. The Bertz CT molecular complexity index is 312. The molecular weight excluding hydrogens is 168 g/mol. The van der Waals surface area contributed by atoms with Gasteiger partial charge in [-0.15, -0.1) is 0 Å². The summed E-state index contributed by atoms with van der Waals surface area (Å²) >= 11 is 0. The molecule has 4 heteroatoms. The van der Waals surface area contributed by atoms with Crippen LogP contribution >= 0.6 is 0 Å². The molecular formula is C9H12N2O2. The first-order chi connectivity index (χ1) is 6.16. The molecule has 0 fully saturated rings. The Balaban J connectivity index is 3.11. The predicted octanol–water partition coefficient (Wildman–Crippen LogP) is 2.50. The molecule has 0 bridgehead atoms. The molecule has 4 nitrogen and oxygen atoms in total. The Labute approximate surface area is 76.8 Å². The van der Waals surface area contributed by atoms with Crippen LogP contribution in [0.3, 0.4) is 0 Å². The van der Waals surface area contributed by atoms with Gasteiger partial charge in [0.1, 0.15) is 5.69 Å². The fraction of sp³-hybridized carbons (Fsp3) is 0.444. The summed E-state index contributed by atoms with van der Waals surface area (Å²) in [6.45, 7) is 3.93. The van der Waals surface area contributed by atoms with E-state index in [1.165, 1.54) is 6.07 Å². The number of aromatic nitrogens is 1. The number of hydrogen-bond donors (Lipinski definition) is 0. The van der Waals surface area contributed by atoms with Crippen LogP contribution in [0.4, 0.5) is 5.69 Å². The van der Waals surface area contributed by atoms with Crippen molar-refractivity contribution >= 4 is 5.69 Å². The highest BCUT2D eigenvalue weighted by Gasteiger charge is 2.17. The lowest BCUT2D eigenvalue weighted by Gasteiger charge is -2.06. The fourth-order valence-corrected chi connectivity index (χ4v) is 1.14. The monoisotopic (exact) mass is 180 g/mol. The van der Waals surface area contributed by atoms with Gasteiger partial charge in [0.05, 0.1) is 4.92 Å². The second-order valence-corrected chi connectivity index (χ2v) is 2.97. The van der Waals surface area contributed by atoms with Gasteiger partial charge in [-0.3, -0.25) is 15.1 Å². The van der Waals surface area contributed by atoms with Crippen molar-refractivity contribution in [2.75, 3.05) is 0 Å². The third kappa shape index (κ3) is 2.02. The van der Waals surface area contributed by atoms with E-state index in [0.29, 0.717) is 5.69 Å². The molecule has 0 amide bonds. The minimum Gasteiger partial charge on any atom is -0.258 e. The lowest BCUT2D eigenvalue weighted by atomic mass is 10.0. The van der Waals surface area contributed by atoms with Crippen molar-refractivity contribution in [1.29, 1.82) is 0 Å². The van der Waals surface area contributed by atoms with Crippen molar-refractivity contribution in [3.63, 3.8) is 0 Å². The van der Waals surface area contributed by atoms with E-state index in [0.717, 1.165) is 6.42 Å². The van der Waals surface area contributed by atoms with E-state index in [1.54, 1.807) is 12.3 Å². The molecule has 0 aliphatic rings. The van der Waals surface area contributed by atoms with Gasteiger partial charge in [0, 0.05) is 18.2 Å². The molecule has 0 radical (unpaired) electrons. The number of rotatable bonds is 3. The quantitative estimate of drug-likeness (QED) is 0.530. The first-order valence-corrected chi connectivity index (χ1v) is 4.26. The first-order valence-electron chi connectivity index (χ1n) is 4.26. The Morgan fingerprint density at radius 1 is 1.69 bits per heavy atom. The molecule has 13 heavy (non-hydrogen) atoms. The maximum absolute atomic E-state index is 10.6. The van der Waals surface area contributed by atoms with Crippen molar-refractivity contribution in [2.24, 2.45) is 0 Å². The van der Waals surface area contributed by atoms with Gasteiger partial charge in [0.25, 0.3) is 5.69 Å². The Kier molecular flexibility index (Phi) is 2.95. The highest BCUT2D eigenvalue weighted by atomic mass is 16.6. The van der Waals surface area contributed by atoms with Gasteiger partial charge in [0.15, 0.2) is 0 Å². The Hall–Kier alpha value is -1.45. The van der Waals surface area contributed by atoms with Crippen molar-refractivity contribution in [3.8, 4) is 0 Å². The van der Waals surface area contributed by atoms with Crippen LogP contribution in [0, 0.1) is 10.1 Å². The number of nitrogens with zero attached hydrogens (tertiary/aromatic N) is 2. The largest absolute Gasteiger partial charge is 0.290 e. The van der Waals surface area contributed by atoms with E-state index in [2.05, 4.69) is 4.98 Å². The third-order valence-electron chi connectivity index (χ3n) is 2.09. The maximum Gasteiger partial charge on any atom is 0.290 e. The first kappa shape index (κ1) is 9.64. The van der Waals surface area contributed by atoms with Crippen LogP contribution in [-0.2, 0) is 0 Å². The lowest BCUT2D eigenvalue weighted by Crippen LogP contribution is -2.01. The molecule has 0 saturated heterocycles. The van der Waals surface area contributed by atoms with Crippen LogP contribution in [0.2, 0.25) is 0 Å². The molecule has 0 aliphatic heterocycles. The van der Waals surface area contributed by atoms with Gasteiger partial charge in [-0.2, -0.15) is 0 Å². The van der Waals surface area contributed by atoms with Gasteiger partial charge in [-0.1, -0.05) is 13.8 Å². The van der Waals surface area contributed by atoms with E-state index >= 15 is 0 Å². The maximum atomic E-state index is 10.6. The van der Waals surface area contributed by atoms with Gasteiger partial charge < -0.3 is 0 Å². The molecule has 0 N–H and O–H groups in total. The average Bonchev–Trinajstić information content (AvgIpc) is 2.16. The summed E-state index contributed by atoms with van der Waals surface area (Å²) in [5.74, 6) is 0.140. The summed E-state index contributed by atoms with van der Waals surface area (Å²) in [5, 5.41) is 10.6. The minimum atomic E-state index is -0.380. The zero-order valence-corrected chi connectivity index (χ0v) is 7.73. The summed E-state index contributed by atoms with van der Waals surface area (Å²) in [4.78, 5) is 14.3. The molecule has 1 aromatic rings. The summed E-state index contributed by atoms with van der Waals surface area (Å²) in [6.07, 6.45) is 2.45. The van der Waals surface area contributed by atoms with E-state index in [9.17, 15) is 10.1 Å². The average molecular weight is 180 g/mol. The zero-order chi connectivity index (χ0) is 9.84. The molecule has 1 rings (SSSR count). The minimum absolute atomic E-state index is 0.122. The van der Waals surface area contributed by atoms with Crippen LogP contribution in [-0.4, -0.2) is 9.91 Å². The lowest BCUT2D eigenvalue weighted by molar-refractivity contribution is -0.386. The van der Waals surface area contributed by atoms with Crippen LogP contribution in [0.5, 0.6) is 0 Å². The smallest absolute Gasteiger partial charge is 0.258 e. The fourth-order valence-electron chi connectivity index (χ4n) is 1.14. The van der Waals surface area contributed by atoms with Gasteiger partial charge >= 0.3 is 0 Å². The summed E-state index contributed by atoms with van der Waals surface area (Å²) < 4.78 is 0. The highest BCUT2D eigenvalue weighted by molar-refractivity contribution is 5.36. The Morgan fingerprint density at radius 3 is 2.92 bits per heavy atom. The van der Waals surface area contributed by atoms with Crippen LogP contribution in [0.15, 0.2) is 18.3 Å². The van der Waals surface area contributed by atoms with E-state index in [-0.39, 0.29) is 16.5 Å². The van der Waals surface area contributed by atoms with Crippen LogP contribution < -0.4 is 0 Å². The highest BCUT2D eigenvalue weighted by Crippen LogP contribution is 2.25. The van der Waals surface area contributed by atoms with Crippen molar-refractivity contribution < 1.29 is 4.92 Å². The molecule has 0 spiro atoms. The number of pyridine rings is 1. The summed E-state index contributed by atoms with van der Waals surface area (Å²) in [7, 11) is 0. The molecule has 0 aromatic carbocycles. The van der Waals surface area contributed by atoms with Crippen molar-refractivity contribution in [2.45, 2.75) is 26.2 Å². The third-order valence-corrected chi connectivity index (χ3v) is 2.09. The Morgan fingerprint density at radius 2 is 2.38 bits per heavy atom. The normalized spacial score (nSPS) is 12.5.